The van der Waals surface area contributed by atoms with E-state index < -0.39 is 0 Å². The van der Waals surface area contributed by atoms with Gasteiger partial charge in [0.1, 0.15) is 0 Å². The van der Waals surface area contributed by atoms with E-state index in [2.05, 4.69) is 26.1 Å². The van der Waals surface area contributed by atoms with Crippen molar-refractivity contribution in [2.45, 2.75) is 26.2 Å². The van der Waals surface area contributed by atoms with E-state index in [9.17, 15) is 4.79 Å². The second-order valence-corrected chi connectivity index (χ2v) is 8.12. The number of rotatable bonds is 4. The van der Waals surface area contributed by atoms with Crippen molar-refractivity contribution in [3.63, 3.8) is 0 Å². The number of hydrogen-bond donors (Lipinski definition) is 0. The molecule has 1 aliphatic rings. The first-order chi connectivity index (χ1) is 13.6. The van der Waals surface area contributed by atoms with Crippen molar-refractivity contribution in [2.24, 2.45) is 5.92 Å². The van der Waals surface area contributed by atoms with Crippen LogP contribution in [0.3, 0.4) is 0 Å². The molecule has 0 saturated carbocycles. The normalized spacial score (nSPS) is 16.9. The van der Waals surface area contributed by atoms with Crippen LogP contribution in [0.25, 0.3) is 11.4 Å². The molecular formula is C22H22BrN3O2. The summed E-state index contributed by atoms with van der Waals surface area (Å²) in [7, 11) is 0. The number of nitrogens with zero attached hydrogens (tertiary/aromatic N) is 3. The van der Waals surface area contributed by atoms with Crippen LogP contribution < -0.4 is 0 Å². The Morgan fingerprint density at radius 1 is 1.21 bits per heavy atom. The number of hydrogen-bond acceptors (Lipinski definition) is 4. The molecule has 0 radical (unpaired) electrons. The molecule has 1 saturated heterocycles. The van der Waals surface area contributed by atoms with Crippen molar-refractivity contribution in [1.82, 2.24) is 15.0 Å². The summed E-state index contributed by atoms with van der Waals surface area (Å²) in [4.78, 5) is 19.4. The van der Waals surface area contributed by atoms with Gasteiger partial charge < -0.3 is 9.42 Å². The summed E-state index contributed by atoms with van der Waals surface area (Å²) in [6, 6.07) is 15.6. The average Bonchev–Trinajstić information content (AvgIpc) is 3.16. The van der Waals surface area contributed by atoms with Gasteiger partial charge >= 0.3 is 0 Å². The molecule has 3 aromatic rings. The van der Waals surface area contributed by atoms with Gasteiger partial charge in [0, 0.05) is 29.5 Å². The van der Waals surface area contributed by atoms with Crippen molar-refractivity contribution < 1.29 is 9.32 Å². The van der Waals surface area contributed by atoms with Crippen molar-refractivity contribution in [2.75, 3.05) is 13.1 Å². The second kappa shape index (κ2) is 8.27. The number of halogens is 1. The average molecular weight is 440 g/mol. The third-order valence-electron chi connectivity index (χ3n) is 5.23. The molecule has 2 aromatic carbocycles. The summed E-state index contributed by atoms with van der Waals surface area (Å²) >= 11 is 3.48. The van der Waals surface area contributed by atoms with Gasteiger partial charge in [0.05, 0.1) is 5.56 Å². The lowest BCUT2D eigenvalue weighted by Gasteiger charge is -2.32. The zero-order chi connectivity index (χ0) is 19.5. The van der Waals surface area contributed by atoms with Crippen LogP contribution in [-0.2, 0) is 6.42 Å². The van der Waals surface area contributed by atoms with Gasteiger partial charge in [-0.2, -0.15) is 4.98 Å². The van der Waals surface area contributed by atoms with Gasteiger partial charge in [0.2, 0.25) is 11.7 Å². The monoisotopic (exact) mass is 439 g/mol. The Labute approximate surface area is 172 Å². The number of aromatic nitrogens is 2. The summed E-state index contributed by atoms with van der Waals surface area (Å²) in [6.07, 6.45) is 2.74. The standard InChI is InChI=1S/C22H22BrN3O2/c1-15-7-2-3-9-17(15)21-24-20(28-25-21)13-16-8-6-12-26(14-16)22(27)18-10-4-5-11-19(18)23/h2-5,7,9-11,16H,6,8,12-14H2,1H3/t16-/m0/s1. The maximum absolute atomic E-state index is 12.9. The predicted molar refractivity (Wildman–Crippen MR) is 111 cm³/mol. The maximum atomic E-state index is 12.9. The molecule has 28 heavy (non-hydrogen) atoms. The molecule has 5 nitrogen and oxygen atoms in total. The Bertz CT molecular complexity index is 985. The smallest absolute Gasteiger partial charge is 0.255 e. The highest BCUT2D eigenvalue weighted by atomic mass is 79.9. The van der Waals surface area contributed by atoms with Gasteiger partial charge in [0.15, 0.2) is 0 Å². The molecule has 0 spiro atoms. The van der Waals surface area contributed by atoms with E-state index in [1.54, 1.807) is 0 Å². The van der Waals surface area contributed by atoms with Crippen LogP contribution in [0.15, 0.2) is 57.5 Å². The quantitative estimate of drug-likeness (QED) is 0.579. The van der Waals surface area contributed by atoms with E-state index in [0.29, 0.717) is 36.2 Å². The van der Waals surface area contributed by atoms with Crippen molar-refractivity contribution >= 4 is 21.8 Å². The molecule has 6 heteroatoms. The fraction of sp³-hybridized carbons (Fsp3) is 0.318. The van der Waals surface area contributed by atoms with Crippen LogP contribution in [0.4, 0.5) is 0 Å². The second-order valence-electron chi connectivity index (χ2n) is 7.27. The van der Waals surface area contributed by atoms with Gasteiger partial charge in [-0.15, -0.1) is 0 Å². The minimum Gasteiger partial charge on any atom is -0.339 e. The Hall–Kier alpha value is -2.47. The van der Waals surface area contributed by atoms with Gasteiger partial charge in [-0.1, -0.05) is 41.6 Å². The van der Waals surface area contributed by atoms with Crippen LogP contribution in [0.2, 0.25) is 0 Å². The minimum absolute atomic E-state index is 0.0725. The fourth-order valence-electron chi connectivity index (χ4n) is 3.74. The number of benzene rings is 2. The summed E-state index contributed by atoms with van der Waals surface area (Å²) in [5.41, 5.74) is 2.83. The van der Waals surface area contributed by atoms with E-state index >= 15 is 0 Å². The summed E-state index contributed by atoms with van der Waals surface area (Å²) < 4.78 is 6.34. The lowest BCUT2D eigenvalue weighted by atomic mass is 9.94. The van der Waals surface area contributed by atoms with Crippen LogP contribution in [0.1, 0.15) is 34.7 Å². The Balaban J connectivity index is 1.44. The third-order valence-corrected chi connectivity index (χ3v) is 5.92. The molecule has 4 rings (SSSR count). The molecule has 0 unspecified atom stereocenters. The van der Waals surface area contributed by atoms with Crippen LogP contribution in [-0.4, -0.2) is 34.0 Å². The van der Waals surface area contributed by atoms with Gasteiger partial charge in [0.25, 0.3) is 5.91 Å². The zero-order valence-electron chi connectivity index (χ0n) is 15.8. The lowest BCUT2D eigenvalue weighted by molar-refractivity contribution is 0.0667. The van der Waals surface area contributed by atoms with Crippen molar-refractivity contribution in [3.05, 3.63) is 70.0 Å². The summed E-state index contributed by atoms with van der Waals surface area (Å²) in [5.74, 6) is 1.66. The van der Waals surface area contributed by atoms with E-state index in [1.165, 1.54) is 0 Å². The molecule has 1 aliphatic heterocycles. The highest BCUT2D eigenvalue weighted by Gasteiger charge is 2.27. The SMILES string of the molecule is Cc1ccccc1-c1noc(C[C@@H]2CCCN(C(=O)c3ccccc3Br)C2)n1. The summed E-state index contributed by atoms with van der Waals surface area (Å²) in [5, 5.41) is 4.15. The first kappa shape index (κ1) is 18.9. The highest BCUT2D eigenvalue weighted by molar-refractivity contribution is 9.10. The highest BCUT2D eigenvalue weighted by Crippen LogP contribution is 2.26. The van der Waals surface area contributed by atoms with Gasteiger partial charge in [-0.3, -0.25) is 4.79 Å². The Morgan fingerprint density at radius 3 is 2.82 bits per heavy atom. The largest absolute Gasteiger partial charge is 0.339 e. The van der Waals surface area contributed by atoms with Gasteiger partial charge in [-0.05, 0) is 59.3 Å². The molecule has 0 bridgehead atoms. The molecular weight excluding hydrogens is 418 g/mol. The molecule has 0 N–H and O–H groups in total. The van der Waals surface area contributed by atoms with Crippen LogP contribution in [0.5, 0.6) is 0 Å². The minimum atomic E-state index is 0.0725. The first-order valence-electron chi connectivity index (χ1n) is 9.54. The molecule has 0 aliphatic carbocycles. The Morgan fingerprint density at radius 2 is 2.00 bits per heavy atom. The number of piperidine rings is 1. The molecule has 1 atom stereocenters. The molecule has 1 aromatic heterocycles. The number of carbonyl (C=O) groups is 1. The number of likely N-dealkylation sites (tertiary alicyclic amines) is 1. The number of amides is 1. The van der Waals surface area contributed by atoms with E-state index in [-0.39, 0.29) is 5.91 Å². The van der Waals surface area contributed by atoms with E-state index in [4.69, 9.17) is 4.52 Å². The topological polar surface area (TPSA) is 59.2 Å². The van der Waals surface area contributed by atoms with Crippen molar-refractivity contribution in [1.29, 1.82) is 0 Å². The molecule has 1 fully saturated rings. The van der Waals surface area contributed by atoms with Crippen LogP contribution >= 0.6 is 15.9 Å². The molecule has 2 heterocycles. The van der Waals surface area contributed by atoms with Gasteiger partial charge in [-0.25, -0.2) is 0 Å². The lowest BCUT2D eigenvalue weighted by Crippen LogP contribution is -2.40. The Kier molecular flexibility index (Phi) is 5.57. The fourth-order valence-corrected chi connectivity index (χ4v) is 4.19. The van der Waals surface area contributed by atoms with E-state index in [0.717, 1.165) is 35.0 Å². The van der Waals surface area contributed by atoms with E-state index in [1.807, 2.05) is 60.4 Å². The molecule has 1 amide bonds. The zero-order valence-corrected chi connectivity index (χ0v) is 17.4. The van der Waals surface area contributed by atoms with Crippen molar-refractivity contribution in [3.8, 4) is 11.4 Å². The first-order valence-corrected chi connectivity index (χ1v) is 10.3. The molecule has 144 valence electrons. The summed E-state index contributed by atoms with van der Waals surface area (Å²) in [6.45, 7) is 3.54. The van der Waals surface area contributed by atoms with Crippen LogP contribution in [0, 0.1) is 12.8 Å². The third kappa shape index (κ3) is 4.02. The maximum Gasteiger partial charge on any atom is 0.255 e. The number of carbonyl (C=O) groups excluding carboxylic acids is 1. The number of aryl methyl sites for hydroxylation is 1. The predicted octanol–water partition coefficient (Wildman–Crippen LogP) is 4.90.